The first-order valence-electron chi connectivity index (χ1n) is 9.10. The average molecular weight is 519 g/mol. The summed E-state index contributed by atoms with van der Waals surface area (Å²) in [5.74, 6) is -7.07. The summed E-state index contributed by atoms with van der Waals surface area (Å²) in [6, 6.07) is 2.82. The number of imidazole rings is 1. The number of pyridine rings is 2. The van der Waals surface area contributed by atoms with Crippen molar-refractivity contribution < 1.29 is 48.3 Å². The Bertz CT molecular complexity index is 1390. The summed E-state index contributed by atoms with van der Waals surface area (Å²) in [5, 5.41) is -0.754. The van der Waals surface area contributed by atoms with Crippen LogP contribution in [0.15, 0.2) is 46.5 Å². The summed E-state index contributed by atoms with van der Waals surface area (Å²) in [6.07, 6.45) is -9.45. The van der Waals surface area contributed by atoms with E-state index in [1.165, 1.54) is 6.92 Å². The first kappa shape index (κ1) is 25.5. The number of hydrogen-bond acceptors (Lipinski definition) is 5. The Morgan fingerprint density at radius 3 is 2.21 bits per heavy atom. The van der Waals surface area contributed by atoms with Crippen molar-refractivity contribution >= 4 is 15.5 Å². The summed E-state index contributed by atoms with van der Waals surface area (Å²) < 4.78 is 133. The topological polar surface area (TPSA) is 82.7 Å². The summed E-state index contributed by atoms with van der Waals surface area (Å²) in [5.41, 5.74) is -2.61. The van der Waals surface area contributed by atoms with Crippen LogP contribution in [0.2, 0.25) is 0 Å². The third kappa shape index (κ3) is 4.71. The number of alkyl halides is 8. The van der Waals surface area contributed by atoms with Crippen LogP contribution in [0.25, 0.3) is 11.5 Å². The quantitative estimate of drug-likeness (QED) is 0.462. The SMILES string of the molecule is CCS(=O)(=O)c1c(-n2ccc(OCC(F)(F)C(F)(F)F)cc2=O)nc2ccc(C(F)(F)F)cn12. The van der Waals surface area contributed by atoms with Gasteiger partial charge in [0.15, 0.2) is 27.3 Å². The number of fused-ring (bicyclic) bond motifs is 1. The van der Waals surface area contributed by atoms with Crippen molar-refractivity contribution in [1.29, 1.82) is 0 Å². The van der Waals surface area contributed by atoms with E-state index in [2.05, 4.69) is 9.72 Å². The molecule has 0 radical (unpaired) electrons. The number of rotatable bonds is 6. The highest BCUT2D eigenvalue weighted by molar-refractivity contribution is 7.91. The zero-order chi connectivity index (χ0) is 25.7. The van der Waals surface area contributed by atoms with Gasteiger partial charge in [-0.1, -0.05) is 6.92 Å². The molecule has 16 heteroatoms. The molecule has 7 nitrogen and oxygen atoms in total. The minimum atomic E-state index is -5.89. The third-order valence-electron chi connectivity index (χ3n) is 4.51. The Balaban J connectivity index is 2.12. The first-order valence-corrected chi connectivity index (χ1v) is 10.8. The molecule has 3 aromatic rings. The molecule has 0 spiro atoms. The van der Waals surface area contributed by atoms with Crippen molar-refractivity contribution in [2.45, 2.75) is 30.2 Å². The molecule has 0 aromatic carbocycles. The van der Waals surface area contributed by atoms with Gasteiger partial charge >= 0.3 is 18.3 Å². The van der Waals surface area contributed by atoms with Gasteiger partial charge in [-0.3, -0.25) is 13.8 Å². The van der Waals surface area contributed by atoms with Gasteiger partial charge in [0.2, 0.25) is 0 Å². The molecule has 0 atom stereocenters. The Kier molecular flexibility index (Phi) is 6.17. The molecule has 0 fully saturated rings. The van der Waals surface area contributed by atoms with Crippen LogP contribution in [0, 0.1) is 0 Å². The van der Waals surface area contributed by atoms with E-state index < -0.39 is 68.2 Å². The fraction of sp³-hybridized carbons (Fsp3) is 0.333. The Morgan fingerprint density at radius 2 is 1.68 bits per heavy atom. The largest absolute Gasteiger partial charge is 0.487 e. The Morgan fingerprint density at radius 1 is 1.03 bits per heavy atom. The van der Waals surface area contributed by atoms with Crippen LogP contribution >= 0.6 is 0 Å². The molecule has 0 unspecified atom stereocenters. The van der Waals surface area contributed by atoms with Gasteiger partial charge < -0.3 is 4.74 Å². The maximum Gasteiger partial charge on any atom is 0.456 e. The fourth-order valence-corrected chi connectivity index (χ4v) is 3.88. The molecule has 186 valence electrons. The zero-order valence-electron chi connectivity index (χ0n) is 16.8. The molecule has 0 aliphatic rings. The fourth-order valence-electron chi connectivity index (χ4n) is 2.74. The van der Waals surface area contributed by atoms with E-state index in [4.69, 9.17) is 0 Å². The summed E-state index contributed by atoms with van der Waals surface area (Å²) >= 11 is 0. The highest BCUT2D eigenvalue weighted by Gasteiger charge is 2.58. The molecule has 0 aliphatic heterocycles. The lowest BCUT2D eigenvalue weighted by Gasteiger charge is -2.19. The molecule has 0 amide bonds. The third-order valence-corrected chi connectivity index (χ3v) is 6.24. The van der Waals surface area contributed by atoms with Crippen LogP contribution in [0.5, 0.6) is 5.75 Å². The summed E-state index contributed by atoms with van der Waals surface area (Å²) in [4.78, 5) is 16.4. The number of nitrogens with zero attached hydrogens (tertiary/aromatic N) is 3. The average Bonchev–Trinajstić information content (AvgIpc) is 3.10. The molecular formula is C18H13F8N3O4S. The number of sulfone groups is 1. The molecular weight excluding hydrogens is 506 g/mol. The van der Waals surface area contributed by atoms with Crippen molar-refractivity contribution in [3.8, 4) is 11.6 Å². The maximum atomic E-state index is 13.1. The maximum absolute atomic E-state index is 13.1. The van der Waals surface area contributed by atoms with E-state index in [1.807, 2.05) is 0 Å². The number of hydrogen-bond donors (Lipinski definition) is 0. The van der Waals surface area contributed by atoms with Crippen molar-refractivity contribution in [2.75, 3.05) is 12.4 Å². The van der Waals surface area contributed by atoms with Crippen molar-refractivity contribution in [2.24, 2.45) is 0 Å². The molecule has 0 saturated heterocycles. The first-order chi connectivity index (χ1) is 15.5. The highest BCUT2D eigenvalue weighted by Crippen LogP contribution is 2.36. The van der Waals surface area contributed by atoms with E-state index in [0.29, 0.717) is 27.3 Å². The summed E-state index contributed by atoms with van der Waals surface area (Å²) in [6.45, 7) is -0.920. The molecule has 34 heavy (non-hydrogen) atoms. The smallest absolute Gasteiger partial charge is 0.456 e. The van der Waals surface area contributed by atoms with Crippen LogP contribution in [-0.4, -0.2) is 46.8 Å². The Hall–Kier alpha value is -3.17. The van der Waals surface area contributed by atoms with E-state index >= 15 is 0 Å². The number of aromatic nitrogens is 3. The molecule has 3 heterocycles. The predicted octanol–water partition coefficient (Wildman–Crippen LogP) is 3.87. The minimum Gasteiger partial charge on any atom is -0.487 e. The predicted molar refractivity (Wildman–Crippen MR) is 100 cm³/mol. The van der Waals surface area contributed by atoms with Gasteiger partial charge in [-0.2, -0.15) is 35.1 Å². The van der Waals surface area contributed by atoms with E-state index in [-0.39, 0.29) is 5.65 Å². The van der Waals surface area contributed by atoms with Crippen molar-refractivity contribution in [3.05, 3.63) is 52.6 Å². The lowest BCUT2D eigenvalue weighted by Crippen LogP contribution is -2.41. The van der Waals surface area contributed by atoms with Crippen LogP contribution in [0.4, 0.5) is 35.1 Å². The number of ether oxygens (including phenoxy) is 1. The zero-order valence-corrected chi connectivity index (χ0v) is 17.6. The van der Waals surface area contributed by atoms with E-state index in [1.54, 1.807) is 0 Å². The Labute approximate surface area is 185 Å². The van der Waals surface area contributed by atoms with Gasteiger partial charge in [-0.05, 0) is 18.2 Å². The van der Waals surface area contributed by atoms with E-state index in [0.717, 1.165) is 18.3 Å². The van der Waals surface area contributed by atoms with Crippen molar-refractivity contribution in [3.63, 3.8) is 0 Å². The molecule has 0 saturated carbocycles. The minimum absolute atomic E-state index is 0.257. The van der Waals surface area contributed by atoms with Crippen LogP contribution in [0.1, 0.15) is 12.5 Å². The van der Waals surface area contributed by atoms with Gasteiger partial charge in [0.05, 0.1) is 11.3 Å². The van der Waals surface area contributed by atoms with Gasteiger partial charge in [0, 0.05) is 18.5 Å². The summed E-state index contributed by atoms with van der Waals surface area (Å²) in [7, 11) is -4.28. The van der Waals surface area contributed by atoms with Crippen molar-refractivity contribution in [1.82, 2.24) is 14.0 Å². The lowest BCUT2D eigenvalue weighted by molar-refractivity contribution is -0.290. The normalized spacial score (nSPS) is 13.4. The molecule has 0 bridgehead atoms. The molecule has 3 aromatic heterocycles. The van der Waals surface area contributed by atoms with Gasteiger partial charge in [0.1, 0.15) is 11.4 Å². The molecule has 0 N–H and O–H groups in total. The van der Waals surface area contributed by atoms with Gasteiger partial charge in [-0.15, -0.1) is 0 Å². The second-order valence-electron chi connectivity index (χ2n) is 6.85. The van der Waals surface area contributed by atoms with Crippen LogP contribution in [-0.2, 0) is 16.0 Å². The second kappa shape index (κ2) is 8.25. The highest BCUT2D eigenvalue weighted by atomic mass is 32.2. The van der Waals surface area contributed by atoms with Crippen LogP contribution in [0.3, 0.4) is 0 Å². The van der Waals surface area contributed by atoms with Gasteiger partial charge in [0.25, 0.3) is 5.56 Å². The second-order valence-corrected chi connectivity index (χ2v) is 9.04. The van der Waals surface area contributed by atoms with E-state index in [9.17, 15) is 48.3 Å². The number of halogens is 8. The van der Waals surface area contributed by atoms with Gasteiger partial charge in [-0.25, -0.2) is 13.4 Å². The monoisotopic (exact) mass is 519 g/mol. The molecule has 0 aliphatic carbocycles. The lowest BCUT2D eigenvalue weighted by atomic mass is 10.3. The van der Waals surface area contributed by atoms with Crippen LogP contribution < -0.4 is 10.3 Å². The standard InChI is InChI=1S/C18H13F8N3O4S/c1-2-34(31,32)15-14(27-12-4-3-10(8-29(12)15)17(21,22)23)28-6-5-11(7-13(28)30)33-9-16(19,20)18(24,25)26/h3-8H,2,9H2,1H3. The molecule has 3 rings (SSSR count).